The number of benzene rings is 1. The number of fused-ring (bicyclic) bond motifs is 2. The monoisotopic (exact) mass is 364 g/mol. The predicted molar refractivity (Wildman–Crippen MR) is 100.0 cm³/mol. The van der Waals surface area contributed by atoms with Crippen LogP contribution in [0.25, 0.3) is 0 Å². The molecule has 2 bridgehead atoms. The molecule has 2 saturated carbocycles. The maximum Gasteiger partial charge on any atom is 0.212 e. The quantitative estimate of drug-likeness (QED) is 0.842. The van der Waals surface area contributed by atoms with E-state index in [0.717, 1.165) is 17.7 Å². The SMILES string of the molecule is CN(C)c1ccc(CNS(=O)(=O)C[C@@]23CC[C@@H](CC2=O)C3(C)C)cc1. The van der Waals surface area contributed by atoms with Gasteiger partial charge in [-0.3, -0.25) is 4.79 Å². The highest BCUT2D eigenvalue weighted by Gasteiger charge is 2.65. The van der Waals surface area contributed by atoms with Gasteiger partial charge in [0.1, 0.15) is 5.78 Å². The van der Waals surface area contributed by atoms with Crippen molar-refractivity contribution in [3.05, 3.63) is 29.8 Å². The maximum absolute atomic E-state index is 12.7. The van der Waals surface area contributed by atoms with Crippen LogP contribution in [-0.2, 0) is 21.4 Å². The summed E-state index contributed by atoms with van der Waals surface area (Å²) in [4.78, 5) is 14.5. The lowest BCUT2D eigenvalue weighted by Crippen LogP contribution is -2.45. The third kappa shape index (κ3) is 3.10. The van der Waals surface area contributed by atoms with Crippen molar-refractivity contribution < 1.29 is 13.2 Å². The number of nitrogens with zero attached hydrogens (tertiary/aromatic N) is 1. The molecular weight excluding hydrogens is 336 g/mol. The molecule has 2 aliphatic carbocycles. The predicted octanol–water partition coefficient (Wildman–Crippen LogP) is 2.57. The van der Waals surface area contributed by atoms with E-state index in [1.54, 1.807) is 0 Å². The van der Waals surface area contributed by atoms with Gasteiger partial charge in [-0.2, -0.15) is 0 Å². The molecule has 0 saturated heterocycles. The molecule has 0 unspecified atom stereocenters. The zero-order valence-electron chi connectivity index (χ0n) is 15.5. The number of sulfonamides is 1. The third-order valence-corrected chi connectivity index (χ3v) is 7.98. The second kappa shape index (κ2) is 6.09. The molecule has 0 amide bonds. The first-order valence-corrected chi connectivity index (χ1v) is 10.5. The molecule has 1 aromatic rings. The summed E-state index contributed by atoms with van der Waals surface area (Å²) in [5, 5.41) is 0. The summed E-state index contributed by atoms with van der Waals surface area (Å²) in [5.41, 5.74) is 1.04. The fraction of sp³-hybridized carbons (Fsp3) is 0.632. The Kier molecular flexibility index (Phi) is 4.48. The highest BCUT2D eigenvalue weighted by atomic mass is 32.2. The lowest BCUT2D eigenvalue weighted by atomic mass is 9.70. The molecule has 2 aliphatic rings. The van der Waals surface area contributed by atoms with Crippen molar-refractivity contribution in [1.82, 2.24) is 4.72 Å². The molecule has 0 aliphatic heterocycles. The molecule has 25 heavy (non-hydrogen) atoms. The van der Waals surface area contributed by atoms with Gasteiger partial charge >= 0.3 is 0 Å². The Hall–Kier alpha value is -1.40. The van der Waals surface area contributed by atoms with Gasteiger partial charge in [-0.05, 0) is 41.9 Å². The number of nitrogens with one attached hydrogen (secondary N) is 1. The van der Waals surface area contributed by atoms with Crippen molar-refractivity contribution in [1.29, 1.82) is 0 Å². The number of carbonyl (C=O) groups excluding carboxylic acids is 1. The second-order valence-electron chi connectivity index (χ2n) is 8.31. The van der Waals surface area contributed by atoms with Crippen LogP contribution in [0.15, 0.2) is 24.3 Å². The normalized spacial score (nSPS) is 27.7. The number of carbonyl (C=O) groups is 1. The lowest BCUT2D eigenvalue weighted by Gasteiger charge is -2.36. The molecule has 0 aromatic heterocycles. The summed E-state index contributed by atoms with van der Waals surface area (Å²) < 4.78 is 28.1. The van der Waals surface area contributed by atoms with Crippen molar-refractivity contribution in [3.63, 3.8) is 0 Å². The summed E-state index contributed by atoms with van der Waals surface area (Å²) >= 11 is 0. The van der Waals surface area contributed by atoms with E-state index in [1.165, 1.54) is 0 Å². The average Bonchev–Trinajstić information content (AvgIpc) is 2.87. The number of ketones is 1. The van der Waals surface area contributed by atoms with Gasteiger partial charge in [-0.1, -0.05) is 26.0 Å². The minimum atomic E-state index is -3.52. The van der Waals surface area contributed by atoms with E-state index in [1.807, 2.05) is 43.3 Å². The van der Waals surface area contributed by atoms with Crippen molar-refractivity contribution in [2.45, 2.75) is 39.7 Å². The smallest absolute Gasteiger partial charge is 0.212 e. The summed E-state index contributed by atoms with van der Waals surface area (Å²) in [6.07, 6.45) is 2.19. The molecule has 138 valence electrons. The summed E-state index contributed by atoms with van der Waals surface area (Å²) in [6, 6.07) is 7.78. The first-order valence-electron chi connectivity index (χ1n) is 8.84. The number of hydrogen-bond acceptors (Lipinski definition) is 4. The van der Waals surface area contributed by atoms with Gasteiger partial charge in [0.15, 0.2) is 0 Å². The van der Waals surface area contributed by atoms with E-state index < -0.39 is 15.4 Å². The van der Waals surface area contributed by atoms with Crippen molar-refractivity contribution >= 4 is 21.5 Å². The van der Waals surface area contributed by atoms with E-state index in [-0.39, 0.29) is 23.5 Å². The largest absolute Gasteiger partial charge is 0.378 e. The van der Waals surface area contributed by atoms with E-state index in [4.69, 9.17) is 0 Å². The van der Waals surface area contributed by atoms with Gasteiger partial charge in [-0.25, -0.2) is 13.1 Å². The van der Waals surface area contributed by atoms with Crippen LogP contribution < -0.4 is 9.62 Å². The summed E-state index contributed by atoms with van der Waals surface area (Å²) in [6.45, 7) is 4.38. The van der Waals surface area contributed by atoms with Crippen molar-refractivity contribution in [2.75, 3.05) is 24.7 Å². The number of rotatable bonds is 6. The first kappa shape index (κ1) is 18.4. The van der Waals surface area contributed by atoms with E-state index >= 15 is 0 Å². The molecule has 0 heterocycles. The minimum absolute atomic E-state index is 0.0852. The fourth-order valence-electron chi connectivity index (χ4n) is 4.59. The molecular formula is C19H28N2O3S. The van der Waals surface area contributed by atoms with Gasteiger partial charge in [0.25, 0.3) is 0 Å². The van der Waals surface area contributed by atoms with Crippen LogP contribution in [-0.4, -0.2) is 34.0 Å². The average molecular weight is 365 g/mol. The van der Waals surface area contributed by atoms with Crippen LogP contribution in [0.5, 0.6) is 0 Å². The van der Waals surface area contributed by atoms with Crippen molar-refractivity contribution in [2.24, 2.45) is 16.7 Å². The molecule has 6 heteroatoms. The molecule has 1 N–H and O–H groups in total. The zero-order valence-corrected chi connectivity index (χ0v) is 16.3. The Morgan fingerprint density at radius 1 is 1.20 bits per heavy atom. The Labute approximate surface area is 150 Å². The molecule has 0 spiro atoms. The van der Waals surface area contributed by atoms with Crippen LogP contribution in [0.4, 0.5) is 5.69 Å². The number of Topliss-reactive ketones (excluding diaryl/α,β-unsaturated/α-hetero) is 1. The first-order chi connectivity index (χ1) is 11.6. The summed E-state index contributed by atoms with van der Waals surface area (Å²) in [5.74, 6) is 0.376. The fourth-order valence-corrected chi connectivity index (χ4v) is 6.40. The highest BCUT2D eigenvalue weighted by Crippen LogP contribution is 2.64. The van der Waals surface area contributed by atoms with Gasteiger partial charge in [-0.15, -0.1) is 0 Å². The number of hydrogen-bond donors (Lipinski definition) is 1. The van der Waals surface area contributed by atoms with E-state index in [9.17, 15) is 13.2 Å². The molecule has 5 nitrogen and oxygen atoms in total. The van der Waals surface area contributed by atoms with Crippen LogP contribution in [0.3, 0.4) is 0 Å². The number of anilines is 1. The van der Waals surface area contributed by atoms with Gasteiger partial charge in [0.2, 0.25) is 10.0 Å². The van der Waals surface area contributed by atoms with Crippen LogP contribution in [0.2, 0.25) is 0 Å². The van der Waals surface area contributed by atoms with Gasteiger partial charge in [0.05, 0.1) is 5.75 Å². The van der Waals surface area contributed by atoms with E-state index in [0.29, 0.717) is 18.8 Å². The summed E-state index contributed by atoms with van der Waals surface area (Å²) in [7, 11) is 0.410. The highest BCUT2D eigenvalue weighted by molar-refractivity contribution is 7.89. The lowest BCUT2D eigenvalue weighted by molar-refractivity contribution is -0.128. The maximum atomic E-state index is 12.7. The second-order valence-corrected chi connectivity index (χ2v) is 10.1. The van der Waals surface area contributed by atoms with Crippen LogP contribution >= 0.6 is 0 Å². The zero-order chi connectivity index (χ0) is 18.5. The Balaban J connectivity index is 1.69. The topological polar surface area (TPSA) is 66.5 Å². The molecule has 0 radical (unpaired) electrons. The Morgan fingerprint density at radius 2 is 1.84 bits per heavy atom. The third-order valence-electron chi connectivity index (χ3n) is 6.52. The Morgan fingerprint density at radius 3 is 2.32 bits per heavy atom. The standard InChI is InChI=1S/C19H28N2O3S/c1-18(2)15-9-10-19(18,17(22)11-15)13-25(23,24)20-12-14-5-7-16(8-6-14)21(3)4/h5-8,15,20H,9-13H2,1-4H3/t15-,19-/m0/s1. The van der Waals surface area contributed by atoms with Gasteiger partial charge < -0.3 is 4.90 Å². The molecule has 3 rings (SSSR count). The van der Waals surface area contributed by atoms with Gasteiger partial charge in [0, 0.05) is 38.2 Å². The molecule has 1 aromatic carbocycles. The van der Waals surface area contributed by atoms with E-state index in [2.05, 4.69) is 18.6 Å². The minimum Gasteiger partial charge on any atom is -0.378 e. The Bertz CT molecular complexity index is 768. The molecule has 2 fully saturated rings. The van der Waals surface area contributed by atoms with Crippen LogP contribution in [0.1, 0.15) is 38.7 Å². The molecule has 2 atom stereocenters. The van der Waals surface area contributed by atoms with Crippen molar-refractivity contribution in [3.8, 4) is 0 Å². The van der Waals surface area contributed by atoms with Crippen LogP contribution in [0, 0.1) is 16.7 Å².